The normalized spacial score (nSPS) is 10.3. The first-order valence-corrected chi connectivity index (χ1v) is 7.94. The Labute approximate surface area is 133 Å². The van der Waals surface area contributed by atoms with E-state index in [4.69, 9.17) is 0 Å². The van der Waals surface area contributed by atoms with Gasteiger partial charge in [-0.1, -0.05) is 23.8 Å². The zero-order valence-corrected chi connectivity index (χ0v) is 13.4. The summed E-state index contributed by atoms with van der Waals surface area (Å²) in [5, 5.41) is 5.45. The van der Waals surface area contributed by atoms with Crippen LogP contribution in [0, 0.1) is 6.92 Å². The predicted octanol–water partition coefficient (Wildman–Crippen LogP) is 2.34. The van der Waals surface area contributed by atoms with Crippen LogP contribution in [0.4, 0.5) is 0 Å². The van der Waals surface area contributed by atoms with Gasteiger partial charge in [0.1, 0.15) is 5.01 Å². The topological polar surface area (TPSA) is 68.3 Å². The van der Waals surface area contributed by atoms with E-state index in [1.807, 2.05) is 30.5 Å². The fourth-order valence-electron chi connectivity index (χ4n) is 1.91. The molecule has 0 bridgehead atoms. The summed E-state index contributed by atoms with van der Waals surface area (Å²) in [5.74, 6) is -1.56. The number of hydrogen-bond donors (Lipinski definition) is 1. The number of amides is 1. The van der Waals surface area contributed by atoms with E-state index in [2.05, 4.69) is 21.1 Å². The number of carbonyl (C=O) groups is 2. The quantitative estimate of drug-likeness (QED) is 0.679. The number of ether oxygens (including phenoxy) is 1. The average molecular weight is 318 g/mol. The number of nitrogens with zero attached hydrogens (tertiary/aromatic N) is 1. The van der Waals surface area contributed by atoms with Crippen LogP contribution in [0.5, 0.6) is 0 Å². The van der Waals surface area contributed by atoms with Crippen LogP contribution >= 0.6 is 11.3 Å². The van der Waals surface area contributed by atoms with E-state index in [-0.39, 0.29) is 6.61 Å². The molecule has 0 atom stereocenters. The third-order valence-electron chi connectivity index (χ3n) is 2.94. The van der Waals surface area contributed by atoms with Gasteiger partial charge in [0.25, 0.3) is 0 Å². The highest BCUT2D eigenvalue weighted by Gasteiger charge is 2.13. The van der Waals surface area contributed by atoms with Crippen LogP contribution in [-0.4, -0.2) is 30.0 Å². The smallest absolute Gasteiger partial charge is 0.396 e. The Morgan fingerprint density at radius 3 is 2.91 bits per heavy atom. The number of esters is 1. The lowest BCUT2D eigenvalue weighted by molar-refractivity contribution is -0.154. The van der Waals surface area contributed by atoms with Crippen LogP contribution in [0.3, 0.4) is 0 Å². The summed E-state index contributed by atoms with van der Waals surface area (Å²) in [5.41, 5.74) is 3.17. The van der Waals surface area contributed by atoms with Crippen molar-refractivity contribution >= 4 is 23.2 Å². The van der Waals surface area contributed by atoms with Crippen molar-refractivity contribution < 1.29 is 14.3 Å². The van der Waals surface area contributed by atoms with E-state index in [1.165, 1.54) is 5.56 Å². The molecule has 1 N–H and O–H groups in total. The van der Waals surface area contributed by atoms with Gasteiger partial charge < -0.3 is 10.1 Å². The van der Waals surface area contributed by atoms with E-state index < -0.39 is 11.9 Å². The van der Waals surface area contributed by atoms with Crippen LogP contribution in [-0.2, 0) is 20.7 Å². The van der Waals surface area contributed by atoms with Gasteiger partial charge in [0.05, 0.1) is 12.3 Å². The third kappa shape index (κ3) is 4.39. The largest absolute Gasteiger partial charge is 0.459 e. The number of aromatic nitrogens is 1. The molecule has 0 fully saturated rings. The highest BCUT2D eigenvalue weighted by Crippen LogP contribution is 2.24. The lowest BCUT2D eigenvalue weighted by Gasteiger charge is -2.03. The summed E-state index contributed by atoms with van der Waals surface area (Å²) in [4.78, 5) is 27.1. The van der Waals surface area contributed by atoms with E-state index in [1.54, 1.807) is 18.3 Å². The Morgan fingerprint density at radius 1 is 1.36 bits per heavy atom. The third-order valence-corrected chi connectivity index (χ3v) is 3.88. The first kappa shape index (κ1) is 16.2. The Morgan fingerprint density at radius 2 is 2.18 bits per heavy atom. The van der Waals surface area contributed by atoms with Crippen molar-refractivity contribution in [1.82, 2.24) is 10.3 Å². The van der Waals surface area contributed by atoms with E-state index >= 15 is 0 Å². The summed E-state index contributed by atoms with van der Waals surface area (Å²) < 4.78 is 4.62. The summed E-state index contributed by atoms with van der Waals surface area (Å²) in [6.45, 7) is 4.25. The molecule has 5 nitrogen and oxygen atoms in total. The van der Waals surface area contributed by atoms with Crippen molar-refractivity contribution in [3.63, 3.8) is 0 Å². The van der Waals surface area contributed by atoms with Gasteiger partial charge in [-0.25, -0.2) is 9.78 Å². The van der Waals surface area contributed by atoms with Crippen LogP contribution in [0.15, 0.2) is 29.6 Å². The van der Waals surface area contributed by atoms with Crippen molar-refractivity contribution in [1.29, 1.82) is 0 Å². The lowest BCUT2D eigenvalue weighted by Crippen LogP contribution is -2.33. The molecule has 0 aliphatic heterocycles. The maximum atomic E-state index is 11.4. The fraction of sp³-hybridized carbons (Fsp3) is 0.312. The van der Waals surface area contributed by atoms with E-state index in [0.29, 0.717) is 13.0 Å². The van der Waals surface area contributed by atoms with Gasteiger partial charge in [-0.05, 0) is 19.9 Å². The minimum atomic E-state index is -0.846. The Balaban J connectivity index is 1.88. The zero-order chi connectivity index (χ0) is 15.9. The molecule has 0 unspecified atom stereocenters. The van der Waals surface area contributed by atoms with Crippen LogP contribution in [0.2, 0.25) is 0 Å². The Hall–Kier alpha value is -2.21. The van der Waals surface area contributed by atoms with Gasteiger partial charge in [-0.2, -0.15) is 0 Å². The molecule has 1 heterocycles. The van der Waals surface area contributed by atoms with Crippen LogP contribution < -0.4 is 5.32 Å². The summed E-state index contributed by atoms with van der Waals surface area (Å²) in [6, 6.07) is 8.16. The molecule has 0 aliphatic carbocycles. The maximum Gasteiger partial charge on any atom is 0.396 e. The minimum absolute atomic E-state index is 0.193. The second-order valence-electron chi connectivity index (χ2n) is 4.74. The molecular weight excluding hydrogens is 300 g/mol. The lowest BCUT2D eigenvalue weighted by atomic mass is 10.1. The van der Waals surface area contributed by atoms with Crippen LogP contribution in [0.25, 0.3) is 10.6 Å². The fourth-order valence-corrected chi connectivity index (χ4v) is 2.76. The van der Waals surface area contributed by atoms with Gasteiger partial charge in [-0.3, -0.25) is 4.79 Å². The number of carbonyl (C=O) groups excluding carboxylic acids is 2. The molecule has 1 amide bonds. The van der Waals surface area contributed by atoms with E-state index in [9.17, 15) is 9.59 Å². The molecule has 1 aromatic heterocycles. The maximum absolute atomic E-state index is 11.4. The summed E-state index contributed by atoms with van der Waals surface area (Å²) in [6.07, 6.45) is 0.577. The van der Waals surface area contributed by atoms with Crippen molar-refractivity contribution in [2.45, 2.75) is 20.3 Å². The molecule has 1 aromatic carbocycles. The molecule has 0 saturated heterocycles. The molecule has 22 heavy (non-hydrogen) atoms. The van der Waals surface area contributed by atoms with Gasteiger partial charge in [0.2, 0.25) is 0 Å². The van der Waals surface area contributed by atoms with Crippen molar-refractivity contribution in [2.24, 2.45) is 0 Å². The molecule has 0 saturated carbocycles. The minimum Gasteiger partial charge on any atom is -0.459 e. The molecule has 2 aromatic rings. The number of benzene rings is 1. The molecular formula is C16H18N2O3S. The molecule has 0 aliphatic rings. The van der Waals surface area contributed by atoms with Gasteiger partial charge in [0, 0.05) is 23.9 Å². The average Bonchev–Trinajstić information content (AvgIpc) is 2.96. The number of thiazole rings is 1. The number of hydrogen-bond acceptors (Lipinski definition) is 5. The highest BCUT2D eigenvalue weighted by atomic mass is 32.1. The van der Waals surface area contributed by atoms with Gasteiger partial charge in [-0.15, -0.1) is 11.3 Å². The summed E-state index contributed by atoms with van der Waals surface area (Å²) >= 11 is 1.57. The molecule has 0 spiro atoms. The molecule has 6 heteroatoms. The first-order chi connectivity index (χ1) is 10.6. The standard InChI is InChI=1S/C16H18N2O3S/c1-3-21-16(20)14(19)17-8-7-13-10-22-15(18-13)12-6-4-5-11(2)9-12/h4-6,9-10H,3,7-8H2,1-2H3,(H,17,19). The second-order valence-corrected chi connectivity index (χ2v) is 5.60. The molecule has 2 rings (SSSR count). The van der Waals surface area contributed by atoms with Crippen molar-refractivity contribution in [2.75, 3.05) is 13.2 Å². The molecule has 0 radical (unpaired) electrons. The Kier molecular flexibility index (Phi) is 5.66. The van der Waals surface area contributed by atoms with Crippen molar-refractivity contribution in [3.05, 3.63) is 40.9 Å². The predicted molar refractivity (Wildman–Crippen MR) is 85.6 cm³/mol. The Bertz CT molecular complexity index is 667. The summed E-state index contributed by atoms with van der Waals surface area (Å²) in [7, 11) is 0. The number of nitrogens with one attached hydrogen (secondary N) is 1. The van der Waals surface area contributed by atoms with Gasteiger partial charge in [0.15, 0.2) is 0 Å². The monoisotopic (exact) mass is 318 g/mol. The van der Waals surface area contributed by atoms with E-state index in [0.717, 1.165) is 16.3 Å². The number of aryl methyl sites for hydroxylation is 1. The molecule has 116 valence electrons. The number of rotatable bonds is 5. The van der Waals surface area contributed by atoms with Crippen molar-refractivity contribution in [3.8, 4) is 10.6 Å². The highest BCUT2D eigenvalue weighted by molar-refractivity contribution is 7.13. The van der Waals surface area contributed by atoms with Crippen LogP contribution in [0.1, 0.15) is 18.2 Å². The zero-order valence-electron chi connectivity index (χ0n) is 12.6. The van der Waals surface area contributed by atoms with Gasteiger partial charge >= 0.3 is 11.9 Å². The SMILES string of the molecule is CCOC(=O)C(=O)NCCc1csc(-c2cccc(C)c2)n1. The second kappa shape index (κ2) is 7.70. The first-order valence-electron chi connectivity index (χ1n) is 7.06.